The molecule has 0 fully saturated rings. The number of rotatable bonds is 2. The molecular formula is C8H12N2O. The lowest BCUT2D eigenvalue weighted by Crippen LogP contribution is -2.08. The van der Waals surface area contributed by atoms with Crippen LogP contribution >= 0.6 is 0 Å². The van der Waals surface area contributed by atoms with Crippen molar-refractivity contribution in [2.24, 2.45) is 5.73 Å². The van der Waals surface area contributed by atoms with Gasteiger partial charge in [-0.1, -0.05) is 6.92 Å². The molecule has 0 amide bonds. The van der Waals surface area contributed by atoms with Crippen LogP contribution in [0.3, 0.4) is 0 Å². The van der Waals surface area contributed by atoms with Crippen LogP contribution in [0.15, 0.2) is 18.5 Å². The predicted molar refractivity (Wildman–Crippen MR) is 43.1 cm³/mol. The van der Waals surface area contributed by atoms with Crippen LogP contribution in [0, 0.1) is 0 Å². The molecule has 1 rings (SSSR count). The minimum atomic E-state index is -0.0852. The number of nitrogens with two attached hydrogens (primary N) is 1. The van der Waals surface area contributed by atoms with Crippen molar-refractivity contribution in [2.75, 3.05) is 0 Å². The van der Waals surface area contributed by atoms with Gasteiger partial charge in [0.15, 0.2) is 0 Å². The maximum Gasteiger partial charge on any atom is 0.138 e. The van der Waals surface area contributed by atoms with Gasteiger partial charge >= 0.3 is 0 Å². The van der Waals surface area contributed by atoms with E-state index in [0.29, 0.717) is 0 Å². The highest BCUT2D eigenvalue weighted by Gasteiger charge is 2.06. The maximum atomic E-state index is 9.27. The smallest absolute Gasteiger partial charge is 0.138 e. The molecule has 0 saturated heterocycles. The van der Waals surface area contributed by atoms with Gasteiger partial charge in [-0.05, 0) is 12.5 Å². The zero-order valence-electron chi connectivity index (χ0n) is 6.49. The molecule has 0 spiro atoms. The Hall–Kier alpha value is -1.09. The summed E-state index contributed by atoms with van der Waals surface area (Å²) >= 11 is 0. The number of aromatic hydroxyl groups is 1. The third kappa shape index (κ3) is 1.68. The lowest BCUT2D eigenvalue weighted by molar-refractivity contribution is 0.457. The molecular weight excluding hydrogens is 140 g/mol. The summed E-state index contributed by atoms with van der Waals surface area (Å²) in [7, 11) is 0. The van der Waals surface area contributed by atoms with Crippen molar-refractivity contribution >= 4 is 0 Å². The van der Waals surface area contributed by atoms with E-state index >= 15 is 0 Å². The largest absolute Gasteiger partial charge is 0.506 e. The molecule has 3 nitrogen and oxygen atoms in total. The summed E-state index contributed by atoms with van der Waals surface area (Å²) in [5.41, 5.74) is 6.47. The van der Waals surface area contributed by atoms with Crippen molar-refractivity contribution in [3.05, 3.63) is 24.0 Å². The first-order valence-electron chi connectivity index (χ1n) is 3.64. The van der Waals surface area contributed by atoms with Crippen LogP contribution in [0.5, 0.6) is 5.75 Å². The summed E-state index contributed by atoms with van der Waals surface area (Å²) in [6, 6.07) is 1.65. The van der Waals surface area contributed by atoms with E-state index in [4.69, 9.17) is 5.73 Å². The second-order valence-electron chi connectivity index (χ2n) is 2.45. The summed E-state index contributed by atoms with van der Waals surface area (Å²) in [5, 5.41) is 9.27. The number of pyridine rings is 1. The topological polar surface area (TPSA) is 59.1 Å². The summed E-state index contributed by atoms with van der Waals surface area (Å²) in [5.74, 6) is 0.182. The summed E-state index contributed by atoms with van der Waals surface area (Å²) in [6.07, 6.45) is 3.85. The van der Waals surface area contributed by atoms with Gasteiger partial charge in [-0.15, -0.1) is 0 Å². The quantitative estimate of drug-likeness (QED) is 0.669. The highest BCUT2D eigenvalue weighted by Crippen LogP contribution is 2.22. The maximum absolute atomic E-state index is 9.27. The van der Waals surface area contributed by atoms with Gasteiger partial charge in [0.25, 0.3) is 0 Å². The number of hydrogen-bond acceptors (Lipinski definition) is 3. The highest BCUT2D eigenvalue weighted by atomic mass is 16.3. The first-order valence-corrected chi connectivity index (χ1v) is 3.64. The molecule has 1 heterocycles. The van der Waals surface area contributed by atoms with Gasteiger partial charge in [-0.25, -0.2) is 0 Å². The molecule has 0 saturated carbocycles. The summed E-state index contributed by atoms with van der Waals surface area (Å²) < 4.78 is 0. The van der Waals surface area contributed by atoms with Crippen LogP contribution in [-0.4, -0.2) is 10.1 Å². The zero-order valence-corrected chi connectivity index (χ0v) is 6.49. The third-order valence-corrected chi connectivity index (χ3v) is 1.67. The van der Waals surface area contributed by atoms with E-state index in [1.165, 1.54) is 6.20 Å². The average Bonchev–Trinajstić information content (AvgIpc) is 2.04. The van der Waals surface area contributed by atoms with Crippen LogP contribution in [-0.2, 0) is 0 Å². The lowest BCUT2D eigenvalue weighted by atomic mass is 10.1. The Morgan fingerprint density at radius 3 is 3.00 bits per heavy atom. The van der Waals surface area contributed by atoms with E-state index in [1.807, 2.05) is 6.92 Å². The van der Waals surface area contributed by atoms with E-state index in [9.17, 15) is 5.11 Å². The Bertz CT molecular complexity index is 237. The van der Waals surface area contributed by atoms with Gasteiger partial charge in [0.1, 0.15) is 5.75 Å². The molecule has 0 aliphatic rings. The first-order chi connectivity index (χ1) is 5.25. The molecule has 0 aromatic carbocycles. The van der Waals surface area contributed by atoms with Crippen LogP contribution in [0.4, 0.5) is 0 Å². The van der Waals surface area contributed by atoms with Crippen molar-refractivity contribution in [3.63, 3.8) is 0 Å². The van der Waals surface area contributed by atoms with E-state index in [2.05, 4.69) is 4.98 Å². The van der Waals surface area contributed by atoms with E-state index < -0.39 is 0 Å². The second kappa shape index (κ2) is 3.34. The Morgan fingerprint density at radius 1 is 1.73 bits per heavy atom. The number of aromatic nitrogens is 1. The van der Waals surface area contributed by atoms with E-state index in [1.54, 1.807) is 12.3 Å². The summed E-state index contributed by atoms with van der Waals surface area (Å²) in [6.45, 7) is 1.98. The van der Waals surface area contributed by atoms with Crippen molar-refractivity contribution in [3.8, 4) is 5.75 Å². The standard InChI is InChI=1S/C8H12N2O/c1-2-7(9)6-3-4-10-5-8(6)11/h3-5,7,11H,2,9H2,1H3/t7-/m0/s1. The minimum absolute atomic E-state index is 0.0852. The fraction of sp³-hybridized carbons (Fsp3) is 0.375. The third-order valence-electron chi connectivity index (χ3n) is 1.67. The average molecular weight is 152 g/mol. The normalized spacial score (nSPS) is 12.9. The van der Waals surface area contributed by atoms with Crippen LogP contribution in [0.1, 0.15) is 24.9 Å². The summed E-state index contributed by atoms with van der Waals surface area (Å²) in [4.78, 5) is 3.76. The fourth-order valence-corrected chi connectivity index (χ4v) is 0.930. The molecule has 11 heavy (non-hydrogen) atoms. The molecule has 3 heteroatoms. The van der Waals surface area contributed by atoms with Gasteiger partial charge in [0.2, 0.25) is 0 Å². The molecule has 3 N–H and O–H groups in total. The molecule has 0 radical (unpaired) electrons. The first kappa shape index (κ1) is 8.01. The van der Waals surface area contributed by atoms with Crippen molar-refractivity contribution < 1.29 is 5.11 Å². The van der Waals surface area contributed by atoms with Crippen LogP contribution in [0.25, 0.3) is 0 Å². The van der Waals surface area contributed by atoms with E-state index in [0.717, 1.165) is 12.0 Å². The molecule has 0 unspecified atom stereocenters. The van der Waals surface area contributed by atoms with Gasteiger partial charge in [0, 0.05) is 17.8 Å². The second-order valence-corrected chi connectivity index (χ2v) is 2.45. The highest BCUT2D eigenvalue weighted by molar-refractivity contribution is 5.30. The Labute approximate surface area is 65.9 Å². The molecule has 60 valence electrons. The number of hydrogen-bond donors (Lipinski definition) is 2. The van der Waals surface area contributed by atoms with Gasteiger partial charge in [0.05, 0.1) is 6.20 Å². The molecule has 0 bridgehead atoms. The molecule has 0 aliphatic heterocycles. The predicted octanol–water partition coefficient (Wildman–Crippen LogP) is 1.20. The minimum Gasteiger partial charge on any atom is -0.506 e. The number of nitrogens with zero attached hydrogens (tertiary/aromatic N) is 1. The van der Waals surface area contributed by atoms with Crippen molar-refractivity contribution in [2.45, 2.75) is 19.4 Å². The SMILES string of the molecule is CC[C@H](N)c1ccncc1O. The monoisotopic (exact) mass is 152 g/mol. The lowest BCUT2D eigenvalue weighted by Gasteiger charge is -2.09. The Morgan fingerprint density at radius 2 is 2.45 bits per heavy atom. The molecule has 1 aromatic rings. The van der Waals surface area contributed by atoms with Gasteiger partial charge in [-0.3, -0.25) is 4.98 Å². The zero-order chi connectivity index (χ0) is 8.27. The van der Waals surface area contributed by atoms with Crippen LogP contribution < -0.4 is 5.73 Å². The fourth-order valence-electron chi connectivity index (χ4n) is 0.930. The van der Waals surface area contributed by atoms with Gasteiger partial charge in [-0.2, -0.15) is 0 Å². The van der Waals surface area contributed by atoms with Crippen molar-refractivity contribution in [1.82, 2.24) is 4.98 Å². The van der Waals surface area contributed by atoms with Gasteiger partial charge < -0.3 is 10.8 Å². The Balaban J connectivity index is 2.93. The molecule has 1 aromatic heterocycles. The molecule has 0 aliphatic carbocycles. The molecule has 1 atom stereocenters. The van der Waals surface area contributed by atoms with Crippen LogP contribution in [0.2, 0.25) is 0 Å². The Kier molecular flexibility index (Phi) is 2.44. The van der Waals surface area contributed by atoms with Crippen molar-refractivity contribution in [1.29, 1.82) is 0 Å². The van der Waals surface area contributed by atoms with E-state index in [-0.39, 0.29) is 11.8 Å².